The van der Waals surface area contributed by atoms with Crippen molar-refractivity contribution in [3.8, 4) is 0 Å². The van der Waals surface area contributed by atoms with Crippen molar-refractivity contribution >= 4 is 0 Å². The Kier molecular flexibility index (Phi) is 4.07. The van der Waals surface area contributed by atoms with Gasteiger partial charge in [-0.1, -0.05) is 0 Å². The van der Waals surface area contributed by atoms with Crippen LogP contribution in [0.2, 0.25) is 0 Å². The van der Waals surface area contributed by atoms with Gasteiger partial charge in [-0.05, 0) is 12.8 Å². The summed E-state index contributed by atoms with van der Waals surface area (Å²) in [6.45, 7) is 0.151. The number of rotatable bonds is 5. The van der Waals surface area contributed by atoms with E-state index in [2.05, 4.69) is 10.2 Å². The predicted molar refractivity (Wildman–Crippen MR) is 45.9 cm³/mol. The molecular weight excluding hydrogens is 211 g/mol. The van der Waals surface area contributed by atoms with Crippen molar-refractivity contribution in [2.45, 2.75) is 38.6 Å². The van der Waals surface area contributed by atoms with E-state index in [1.807, 2.05) is 0 Å². The van der Waals surface area contributed by atoms with Crippen molar-refractivity contribution < 1.29 is 18.3 Å². The van der Waals surface area contributed by atoms with Crippen LogP contribution < -0.4 is 0 Å². The second kappa shape index (κ2) is 5.11. The first-order valence-electron chi connectivity index (χ1n) is 4.57. The van der Waals surface area contributed by atoms with E-state index in [1.54, 1.807) is 4.57 Å². The predicted octanol–water partition coefficient (Wildman–Crippen LogP) is 1.50. The van der Waals surface area contributed by atoms with Gasteiger partial charge >= 0.3 is 6.18 Å². The van der Waals surface area contributed by atoms with Crippen LogP contribution in [0.25, 0.3) is 0 Å². The van der Waals surface area contributed by atoms with Gasteiger partial charge in [0.1, 0.15) is 12.9 Å². The van der Waals surface area contributed by atoms with Crippen LogP contribution in [0, 0.1) is 0 Å². The zero-order chi connectivity index (χ0) is 11.3. The van der Waals surface area contributed by atoms with E-state index >= 15 is 0 Å². The SMILES string of the molecule is OCc1nncn1CCCCC(F)(F)F. The van der Waals surface area contributed by atoms with Crippen molar-refractivity contribution in [3.63, 3.8) is 0 Å². The summed E-state index contributed by atoms with van der Waals surface area (Å²) in [5, 5.41) is 15.9. The highest BCUT2D eigenvalue weighted by Gasteiger charge is 2.25. The molecule has 1 N–H and O–H groups in total. The van der Waals surface area contributed by atoms with Gasteiger partial charge in [0.2, 0.25) is 0 Å². The summed E-state index contributed by atoms with van der Waals surface area (Å²) in [5.41, 5.74) is 0. The molecule has 15 heavy (non-hydrogen) atoms. The largest absolute Gasteiger partial charge is 0.389 e. The number of nitrogens with zero attached hydrogens (tertiary/aromatic N) is 3. The lowest BCUT2D eigenvalue weighted by molar-refractivity contribution is -0.135. The fourth-order valence-corrected chi connectivity index (χ4v) is 1.20. The van der Waals surface area contributed by atoms with Gasteiger partial charge in [-0.2, -0.15) is 13.2 Å². The number of hydrogen-bond donors (Lipinski definition) is 1. The standard InChI is InChI=1S/C8H12F3N3O/c9-8(10,11)3-1-2-4-14-6-12-13-7(14)5-15/h6,15H,1-5H2. The highest BCUT2D eigenvalue weighted by Crippen LogP contribution is 2.22. The zero-order valence-electron chi connectivity index (χ0n) is 8.04. The monoisotopic (exact) mass is 223 g/mol. The molecule has 0 saturated carbocycles. The molecule has 86 valence electrons. The average Bonchev–Trinajstić information content (AvgIpc) is 2.58. The number of aliphatic hydroxyl groups excluding tert-OH is 1. The molecule has 0 aliphatic rings. The van der Waals surface area contributed by atoms with Crippen LogP contribution in [0.4, 0.5) is 13.2 Å². The van der Waals surface area contributed by atoms with Crippen LogP contribution in [0.15, 0.2) is 6.33 Å². The number of hydrogen-bond acceptors (Lipinski definition) is 3. The van der Waals surface area contributed by atoms with E-state index in [1.165, 1.54) is 6.33 Å². The number of aryl methyl sites for hydroxylation is 1. The number of halogens is 3. The molecule has 0 bridgehead atoms. The van der Waals surface area contributed by atoms with E-state index in [0.29, 0.717) is 18.8 Å². The molecule has 1 heterocycles. The molecule has 0 aliphatic heterocycles. The van der Waals surface area contributed by atoms with Crippen molar-refractivity contribution in [2.24, 2.45) is 0 Å². The Morgan fingerprint density at radius 2 is 2.07 bits per heavy atom. The molecule has 0 saturated heterocycles. The highest BCUT2D eigenvalue weighted by atomic mass is 19.4. The van der Waals surface area contributed by atoms with Crippen molar-refractivity contribution in [3.05, 3.63) is 12.2 Å². The van der Waals surface area contributed by atoms with Gasteiger partial charge in [0.15, 0.2) is 5.82 Å². The maximum Gasteiger partial charge on any atom is 0.389 e. The van der Waals surface area contributed by atoms with Crippen molar-refractivity contribution in [2.75, 3.05) is 0 Å². The van der Waals surface area contributed by atoms with Gasteiger partial charge in [0, 0.05) is 13.0 Å². The summed E-state index contributed by atoms with van der Waals surface area (Å²) in [6.07, 6.45) is -2.99. The Hall–Kier alpha value is -1.11. The van der Waals surface area contributed by atoms with Crippen LogP contribution >= 0.6 is 0 Å². The number of unbranched alkanes of at least 4 members (excludes halogenated alkanes) is 1. The van der Waals surface area contributed by atoms with Gasteiger partial charge in [0.25, 0.3) is 0 Å². The van der Waals surface area contributed by atoms with Gasteiger partial charge in [0.05, 0.1) is 0 Å². The maximum absolute atomic E-state index is 11.8. The summed E-state index contributed by atoms with van der Waals surface area (Å²) in [5.74, 6) is 0.377. The minimum Gasteiger partial charge on any atom is -0.388 e. The van der Waals surface area contributed by atoms with Crippen molar-refractivity contribution in [1.82, 2.24) is 14.8 Å². The molecule has 0 unspecified atom stereocenters. The van der Waals surface area contributed by atoms with Gasteiger partial charge < -0.3 is 9.67 Å². The molecule has 1 aromatic heterocycles. The number of aliphatic hydroxyl groups is 1. The second-order valence-corrected chi connectivity index (χ2v) is 3.17. The molecule has 4 nitrogen and oxygen atoms in total. The zero-order valence-corrected chi connectivity index (χ0v) is 8.04. The van der Waals surface area contributed by atoms with E-state index in [-0.39, 0.29) is 13.0 Å². The first-order chi connectivity index (χ1) is 7.03. The Morgan fingerprint density at radius 1 is 1.33 bits per heavy atom. The summed E-state index contributed by atoms with van der Waals surface area (Å²) >= 11 is 0. The molecule has 0 spiro atoms. The minimum atomic E-state index is -4.09. The van der Waals surface area contributed by atoms with Gasteiger partial charge in [-0.15, -0.1) is 10.2 Å². The summed E-state index contributed by atoms with van der Waals surface area (Å²) < 4.78 is 36.9. The molecule has 1 aromatic rings. The number of alkyl halides is 3. The Balaban J connectivity index is 2.26. The fraction of sp³-hybridized carbons (Fsp3) is 0.750. The summed E-state index contributed by atoms with van der Waals surface area (Å²) in [4.78, 5) is 0. The van der Waals surface area contributed by atoms with Crippen LogP contribution in [-0.2, 0) is 13.2 Å². The fourth-order valence-electron chi connectivity index (χ4n) is 1.20. The van der Waals surface area contributed by atoms with Gasteiger partial charge in [-0.25, -0.2) is 0 Å². The minimum absolute atomic E-state index is 0.0759. The van der Waals surface area contributed by atoms with Crippen LogP contribution in [0.5, 0.6) is 0 Å². The molecule has 0 atom stereocenters. The highest BCUT2D eigenvalue weighted by molar-refractivity contribution is 4.81. The van der Waals surface area contributed by atoms with Crippen LogP contribution in [0.1, 0.15) is 25.1 Å². The Morgan fingerprint density at radius 3 is 2.67 bits per heavy atom. The number of aromatic nitrogens is 3. The summed E-state index contributed by atoms with van der Waals surface area (Å²) in [6, 6.07) is 0. The molecule has 0 aliphatic carbocycles. The lowest BCUT2D eigenvalue weighted by Gasteiger charge is -2.06. The first-order valence-corrected chi connectivity index (χ1v) is 4.57. The third-order valence-corrected chi connectivity index (χ3v) is 1.95. The Bertz CT molecular complexity index is 298. The Labute approximate surface area is 84.7 Å². The molecule has 0 aromatic carbocycles. The smallest absolute Gasteiger partial charge is 0.388 e. The van der Waals surface area contributed by atoms with E-state index < -0.39 is 12.6 Å². The maximum atomic E-state index is 11.8. The normalized spacial score (nSPS) is 12.0. The van der Waals surface area contributed by atoms with E-state index in [9.17, 15) is 13.2 Å². The molecule has 0 radical (unpaired) electrons. The van der Waals surface area contributed by atoms with Gasteiger partial charge in [-0.3, -0.25) is 0 Å². The quantitative estimate of drug-likeness (QED) is 0.769. The van der Waals surface area contributed by atoms with Crippen LogP contribution in [0.3, 0.4) is 0 Å². The molecule has 0 fully saturated rings. The molecule has 0 amide bonds. The van der Waals surface area contributed by atoms with E-state index in [4.69, 9.17) is 5.11 Å². The second-order valence-electron chi connectivity index (χ2n) is 3.17. The van der Waals surface area contributed by atoms with Crippen molar-refractivity contribution in [1.29, 1.82) is 0 Å². The average molecular weight is 223 g/mol. The van der Waals surface area contributed by atoms with Crippen LogP contribution in [-0.4, -0.2) is 26.0 Å². The molecule has 7 heteroatoms. The topological polar surface area (TPSA) is 50.9 Å². The van der Waals surface area contributed by atoms with E-state index in [0.717, 1.165) is 0 Å². The lowest BCUT2D eigenvalue weighted by atomic mass is 10.2. The molecule has 1 rings (SSSR count). The summed E-state index contributed by atoms with van der Waals surface area (Å²) in [7, 11) is 0. The third kappa shape index (κ3) is 4.28. The third-order valence-electron chi connectivity index (χ3n) is 1.95. The first kappa shape index (κ1) is 12.0. The molecular formula is C8H12F3N3O. The lowest BCUT2D eigenvalue weighted by Crippen LogP contribution is -2.08.